The molecule has 2 atom stereocenters. The Balaban J connectivity index is 1.42. The first-order chi connectivity index (χ1) is 13.1. The number of nitrogens with one attached hydrogen (secondary N) is 1. The van der Waals surface area contributed by atoms with E-state index < -0.39 is 0 Å². The molecule has 146 valence electrons. The molecular weight excluding hydrogens is 344 g/mol. The zero-order chi connectivity index (χ0) is 19.0. The smallest absolute Gasteiger partial charge is 0.226 e. The van der Waals surface area contributed by atoms with Gasteiger partial charge in [0, 0.05) is 31.8 Å². The highest BCUT2D eigenvalue weighted by molar-refractivity contribution is 5.79. The average molecular weight is 372 g/mol. The molecule has 3 heterocycles. The van der Waals surface area contributed by atoms with Crippen molar-refractivity contribution in [1.82, 2.24) is 29.9 Å². The van der Waals surface area contributed by atoms with Crippen molar-refractivity contribution in [2.45, 2.75) is 64.1 Å². The van der Waals surface area contributed by atoms with Crippen LogP contribution in [-0.2, 0) is 23.1 Å². The molecule has 2 aliphatic rings. The van der Waals surface area contributed by atoms with Gasteiger partial charge in [0.1, 0.15) is 11.9 Å². The number of rotatable bonds is 6. The van der Waals surface area contributed by atoms with Crippen LogP contribution in [0.2, 0.25) is 0 Å². The minimum Gasteiger partial charge on any atom is -0.371 e. The monoisotopic (exact) mass is 372 g/mol. The molecule has 1 N–H and O–H groups in total. The lowest BCUT2D eigenvalue weighted by Gasteiger charge is -2.24. The van der Waals surface area contributed by atoms with Gasteiger partial charge < -0.3 is 14.6 Å². The molecule has 0 unspecified atom stereocenters. The first-order valence-electron chi connectivity index (χ1n) is 9.87. The van der Waals surface area contributed by atoms with E-state index in [9.17, 15) is 4.79 Å². The molecule has 4 rings (SSSR count). The number of nitrogens with zero attached hydrogens (tertiary/aromatic N) is 5. The second-order valence-corrected chi connectivity index (χ2v) is 7.86. The van der Waals surface area contributed by atoms with Crippen molar-refractivity contribution in [2.75, 3.05) is 6.61 Å². The number of carbonyl (C=O) groups is 1. The van der Waals surface area contributed by atoms with Gasteiger partial charge in [0.05, 0.1) is 18.2 Å². The number of ether oxygens (including phenoxy) is 1. The van der Waals surface area contributed by atoms with Gasteiger partial charge in [-0.05, 0) is 39.2 Å². The van der Waals surface area contributed by atoms with E-state index in [1.54, 1.807) is 6.20 Å². The Kier molecular flexibility index (Phi) is 4.99. The maximum Gasteiger partial charge on any atom is 0.226 e. The van der Waals surface area contributed by atoms with E-state index in [-0.39, 0.29) is 24.0 Å². The Bertz CT molecular complexity index is 807. The summed E-state index contributed by atoms with van der Waals surface area (Å²) in [6.45, 7) is 5.13. The average Bonchev–Trinajstić information content (AvgIpc) is 3.31. The van der Waals surface area contributed by atoms with Gasteiger partial charge in [-0.2, -0.15) is 5.10 Å². The Morgan fingerprint density at radius 2 is 2.15 bits per heavy atom. The Labute approximate surface area is 159 Å². The molecule has 0 bridgehead atoms. The third-order valence-electron chi connectivity index (χ3n) is 5.80. The van der Waals surface area contributed by atoms with Crippen molar-refractivity contribution in [3.63, 3.8) is 0 Å². The number of hydrogen-bond acceptors (Lipinski definition) is 5. The molecule has 1 amide bonds. The maximum atomic E-state index is 12.8. The van der Waals surface area contributed by atoms with Gasteiger partial charge in [-0.3, -0.25) is 9.48 Å². The van der Waals surface area contributed by atoms with Crippen molar-refractivity contribution >= 4 is 5.91 Å². The molecule has 1 saturated carbocycles. The Hall–Kier alpha value is -2.22. The van der Waals surface area contributed by atoms with E-state index in [1.807, 2.05) is 22.4 Å². The van der Waals surface area contributed by atoms with Crippen molar-refractivity contribution in [2.24, 2.45) is 13.0 Å². The van der Waals surface area contributed by atoms with Crippen molar-refractivity contribution in [3.8, 4) is 0 Å². The number of amides is 1. The summed E-state index contributed by atoms with van der Waals surface area (Å²) in [7, 11) is 1.98. The van der Waals surface area contributed by atoms with Gasteiger partial charge in [0.25, 0.3) is 0 Å². The molecule has 1 saturated heterocycles. The largest absolute Gasteiger partial charge is 0.371 e. The molecule has 8 nitrogen and oxygen atoms in total. The summed E-state index contributed by atoms with van der Waals surface area (Å²) in [4.78, 5) is 12.8. The van der Waals surface area contributed by atoms with Crippen LogP contribution >= 0.6 is 0 Å². The topological polar surface area (TPSA) is 86.9 Å². The SMILES string of the molecule is CC(C)n1nccc1[C@H]1OCC[C@@H]1C(=O)NCc1nnc(C2CCC2)n1C. The Morgan fingerprint density at radius 1 is 1.33 bits per heavy atom. The molecule has 0 radical (unpaired) electrons. The summed E-state index contributed by atoms with van der Waals surface area (Å²) in [5, 5.41) is 16.0. The van der Waals surface area contributed by atoms with Crippen LogP contribution in [0.15, 0.2) is 12.3 Å². The molecule has 2 aromatic rings. The summed E-state index contributed by atoms with van der Waals surface area (Å²) >= 11 is 0. The van der Waals surface area contributed by atoms with E-state index in [0.717, 1.165) is 17.3 Å². The molecule has 2 aromatic heterocycles. The predicted octanol–water partition coefficient (Wildman–Crippen LogP) is 2.25. The highest BCUT2D eigenvalue weighted by atomic mass is 16.5. The van der Waals surface area contributed by atoms with Crippen LogP contribution in [0.25, 0.3) is 0 Å². The molecular formula is C19H28N6O2. The standard InChI is InChI=1S/C19H28N6O2/c1-12(2)25-15(7-9-21-25)17-14(8-10-27-17)19(26)20-11-16-22-23-18(24(16)3)13-5-4-6-13/h7,9,12-14,17H,4-6,8,10-11H2,1-3H3,(H,20,26)/t14-,17-/m0/s1. The minimum atomic E-state index is -0.250. The van der Waals surface area contributed by atoms with Gasteiger partial charge in [-0.25, -0.2) is 0 Å². The van der Waals surface area contributed by atoms with Crippen LogP contribution in [0.4, 0.5) is 0 Å². The second kappa shape index (κ2) is 7.42. The van der Waals surface area contributed by atoms with Gasteiger partial charge in [0.15, 0.2) is 5.82 Å². The number of hydrogen-bond donors (Lipinski definition) is 1. The normalized spacial score (nSPS) is 23.0. The first kappa shape index (κ1) is 18.2. The van der Waals surface area contributed by atoms with Gasteiger partial charge >= 0.3 is 0 Å². The lowest BCUT2D eigenvalue weighted by Crippen LogP contribution is -2.33. The summed E-state index contributed by atoms with van der Waals surface area (Å²) in [5.41, 5.74) is 0.966. The number of aromatic nitrogens is 5. The van der Waals surface area contributed by atoms with Gasteiger partial charge in [-0.1, -0.05) is 6.42 Å². The summed E-state index contributed by atoms with van der Waals surface area (Å²) < 4.78 is 9.86. The maximum absolute atomic E-state index is 12.8. The van der Waals surface area contributed by atoms with Gasteiger partial charge in [-0.15, -0.1) is 10.2 Å². The highest BCUT2D eigenvalue weighted by Gasteiger charge is 2.37. The summed E-state index contributed by atoms with van der Waals surface area (Å²) in [6, 6.07) is 2.18. The number of carbonyl (C=O) groups excluding carboxylic acids is 1. The molecule has 0 aromatic carbocycles. The van der Waals surface area contributed by atoms with Crippen LogP contribution in [0.3, 0.4) is 0 Å². The van der Waals surface area contributed by atoms with E-state index in [1.165, 1.54) is 19.3 Å². The van der Waals surface area contributed by atoms with Crippen LogP contribution in [-0.4, -0.2) is 37.1 Å². The summed E-state index contributed by atoms with van der Waals surface area (Å²) in [5.74, 6) is 2.15. The minimum absolute atomic E-state index is 0.00204. The fourth-order valence-corrected chi connectivity index (χ4v) is 3.98. The second-order valence-electron chi connectivity index (χ2n) is 7.86. The zero-order valence-electron chi connectivity index (χ0n) is 16.3. The molecule has 1 aliphatic carbocycles. The van der Waals surface area contributed by atoms with Crippen LogP contribution in [0, 0.1) is 5.92 Å². The molecule has 8 heteroatoms. The lowest BCUT2D eigenvalue weighted by molar-refractivity contribution is -0.127. The quantitative estimate of drug-likeness (QED) is 0.840. The van der Waals surface area contributed by atoms with Crippen molar-refractivity contribution < 1.29 is 9.53 Å². The summed E-state index contributed by atoms with van der Waals surface area (Å²) in [6.07, 6.45) is 5.87. The fraction of sp³-hybridized carbons (Fsp3) is 0.684. The predicted molar refractivity (Wildman–Crippen MR) is 98.9 cm³/mol. The van der Waals surface area contributed by atoms with Gasteiger partial charge in [0.2, 0.25) is 5.91 Å². The lowest BCUT2D eigenvalue weighted by atomic mass is 9.85. The van der Waals surface area contributed by atoms with E-state index in [0.29, 0.717) is 25.5 Å². The molecule has 0 spiro atoms. The molecule has 2 fully saturated rings. The highest BCUT2D eigenvalue weighted by Crippen LogP contribution is 2.36. The third kappa shape index (κ3) is 3.38. The fourth-order valence-electron chi connectivity index (χ4n) is 3.98. The zero-order valence-corrected chi connectivity index (χ0v) is 16.3. The van der Waals surface area contributed by atoms with E-state index >= 15 is 0 Å². The molecule has 1 aliphatic heterocycles. The first-order valence-corrected chi connectivity index (χ1v) is 9.87. The van der Waals surface area contributed by atoms with Crippen LogP contribution in [0.1, 0.15) is 74.9 Å². The van der Waals surface area contributed by atoms with Crippen LogP contribution < -0.4 is 5.32 Å². The molecule has 27 heavy (non-hydrogen) atoms. The van der Waals surface area contributed by atoms with E-state index in [4.69, 9.17) is 4.74 Å². The Morgan fingerprint density at radius 3 is 2.85 bits per heavy atom. The third-order valence-corrected chi connectivity index (χ3v) is 5.80. The van der Waals surface area contributed by atoms with Crippen molar-refractivity contribution in [3.05, 3.63) is 29.6 Å². The van der Waals surface area contributed by atoms with Crippen LogP contribution in [0.5, 0.6) is 0 Å². The van der Waals surface area contributed by atoms with Crippen molar-refractivity contribution in [1.29, 1.82) is 0 Å². The van der Waals surface area contributed by atoms with E-state index in [2.05, 4.69) is 34.5 Å².